The molecule has 4 aromatic carbocycles. The molecular weight excluding hydrogens is 1360 g/mol. The van der Waals surface area contributed by atoms with E-state index in [9.17, 15) is 19.2 Å². The molecule has 4 aromatic rings. The topological polar surface area (TPSA) is 134 Å². The maximum absolute atomic E-state index is 13.5. The normalized spacial score (nSPS) is 18.0. The summed E-state index contributed by atoms with van der Waals surface area (Å²) < 4.78 is 0. The first-order valence-electron chi connectivity index (χ1n) is 36.6. The molecule has 8 rings (SSSR count). The summed E-state index contributed by atoms with van der Waals surface area (Å²) in [6.45, 7) is 33.3. The molecule has 0 saturated heterocycles. The van der Waals surface area contributed by atoms with Gasteiger partial charge in [0, 0.05) is 69.8 Å². The molecule has 14 heteroatoms. The van der Waals surface area contributed by atoms with Crippen LogP contribution in [0.25, 0.3) is 0 Å². The van der Waals surface area contributed by atoms with Gasteiger partial charge in [-0.15, -0.1) is 0 Å². The number of anilines is 4. The van der Waals surface area contributed by atoms with Gasteiger partial charge in [-0.2, -0.15) is 0 Å². The molecule has 4 aliphatic rings. The number of quaternary nitrogens is 4. The Bertz CT molecular complexity index is 3340. The van der Waals surface area contributed by atoms with E-state index in [1.165, 1.54) is 41.9 Å². The maximum atomic E-state index is 13.5. The van der Waals surface area contributed by atoms with E-state index in [2.05, 4.69) is 157 Å². The quantitative estimate of drug-likeness (QED) is 0.0147. The van der Waals surface area contributed by atoms with E-state index in [0.29, 0.717) is 48.5 Å². The van der Waals surface area contributed by atoms with Crippen molar-refractivity contribution >= 4 is 45.9 Å². The van der Waals surface area contributed by atoms with Crippen LogP contribution >= 0.6 is 0 Å². The molecule has 0 aromatic heterocycles. The van der Waals surface area contributed by atoms with Gasteiger partial charge in [-0.1, -0.05) is 156 Å². The predicted molar refractivity (Wildman–Crippen MR) is 419 cm³/mol. The zero-order chi connectivity index (χ0) is 72.6. The van der Waals surface area contributed by atoms with Gasteiger partial charge in [0.2, 0.25) is 0 Å². The Hall–Kier alpha value is -7.48. The van der Waals surface area contributed by atoms with Gasteiger partial charge in [-0.05, 0) is 192 Å². The smallest absolute Gasteiger partial charge is 0.361 e. The summed E-state index contributed by atoms with van der Waals surface area (Å²) in [5, 5.41) is 13.2. The Morgan fingerprint density at radius 3 is 0.618 bits per heavy atom. The third kappa shape index (κ3) is 27.9. The van der Waals surface area contributed by atoms with Crippen molar-refractivity contribution in [2.24, 2.45) is 21.7 Å². The second kappa shape index (κ2) is 40.5. The van der Waals surface area contributed by atoms with E-state index in [4.69, 9.17) is 0 Å². The van der Waals surface area contributed by atoms with Crippen molar-refractivity contribution in [1.29, 1.82) is 0 Å². The molecule has 0 amide bonds. The predicted octanol–water partition coefficient (Wildman–Crippen LogP) is 13.1. The second-order valence-corrected chi connectivity index (χ2v) is 32.2. The van der Waals surface area contributed by atoms with Crippen LogP contribution in [0.15, 0.2) is 262 Å². The number of carbonyl (C=O) groups is 4. The summed E-state index contributed by atoms with van der Waals surface area (Å²) >= 11 is 0. The van der Waals surface area contributed by atoms with Crippen LogP contribution in [0.2, 0.25) is 0 Å². The van der Waals surface area contributed by atoms with Gasteiger partial charge in [0.1, 0.15) is 26.2 Å². The Balaban J connectivity index is 0.000000360. The van der Waals surface area contributed by atoms with E-state index in [-0.39, 0.29) is 78.9 Å². The van der Waals surface area contributed by atoms with Crippen LogP contribution in [0.5, 0.6) is 0 Å². The summed E-state index contributed by atoms with van der Waals surface area (Å²) in [5.74, 6) is 0.439. The summed E-state index contributed by atoms with van der Waals surface area (Å²) in [6.07, 6.45) is 33.2. The van der Waals surface area contributed by atoms with E-state index in [1.54, 1.807) is 0 Å². The van der Waals surface area contributed by atoms with Crippen molar-refractivity contribution < 1.29 is 72.9 Å². The number of likely N-dealkylation sites (N-methyl/N-ethyl adjacent to an activating group) is 4. The van der Waals surface area contributed by atoms with Crippen molar-refractivity contribution in [3.63, 3.8) is 0 Å². The number of hydrogen-bond donors (Lipinski definition) is 8. The number of allylic oxidation sites excluding steroid dienone is 16. The van der Waals surface area contributed by atoms with Gasteiger partial charge in [0.15, 0.2) is 23.1 Å². The zero-order valence-electron chi connectivity index (χ0n) is 64.0. The molecule has 0 aliphatic heterocycles. The van der Waals surface area contributed by atoms with Crippen molar-refractivity contribution in [2.45, 2.75) is 134 Å². The molecule has 0 bridgehead atoms. The third-order valence-electron chi connectivity index (χ3n) is 18.8. The Morgan fingerprint density at radius 2 is 0.451 bits per heavy atom. The molecule has 0 saturated carbocycles. The molecule has 4 atom stereocenters. The molecule has 0 fully saturated rings. The molecule has 550 valence electrons. The number of benzene rings is 4. The molecule has 0 spiro atoms. The van der Waals surface area contributed by atoms with Gasteiger partial charge in [0.25, 0.3) is 0 Å². The van der Waals surface area contributed by atoms with Crippen molar-refractivity contribution in [1.82, 2.24) is 0 Å². The minimum atomic E-state index is -0.0498. The van der Waals surface area contributed by atoms with E-state index >= 15 is 0 Å². The molecule has 2 radical (unpaired) electrons. The Kier molecular flexibility index (Phi) is 33.9. The average molecular weight is 1480 g/mol. The van der Waals surface area contributed by atoms with Gasteiger partial charge in [-0.25, -0.2) is 0 Å². The van der Waals surface area contributed by atoms with Gasteiger partial charge >= 0.3 is 34.1 Å². The molecule has 4 unspecified atom stereocenters. The molecule has 4 aliphatic carbocycles. The van der Waals surface area contributed by atoms with Crippen LogP contribution in [0.4, 0.5) is 22.7 Å². The first-order valence-corrected chi connectivity index (χ1v) is 36.6. The summed E-state index contributed by atoms with van der Waals surface area (Å²) in [4.78, 5) is 59.4. The molecular formula is C88H120Cu2N8O4+8. The molecule has 0 heterocycles. The van der Waals surface area contributed by atoms with Crippen LogP contribution in [0, 0.1) is 21.7 Å². The van der Waals surface area contributed by atoms with Crippen molar-refractivity contribution in [3.8, 4) is 0 Å². The van der Waals surface area contributed by atoms with E-state index < -0.39 is 0 Å². The minimum Gasteiger partial charge on any atom is -0.361 e. The number of Topliss-reactive ketones (excluding diaryl/α,β-unsaturated/α-hetero) is 4. The molecule has 12 nitrogen and oxygen atoms in total. The summed E-state index contributed by atoms with van der Waals surface area (Å²) in [7, 11) is 8.78. The number of hydrogen-bond acceptors (Lipinski definition) is 8. The van der Waals surface area contributed by atoms with E-state index in [1.807, 2.05) is 170 Å². The number of para-hydroxylation sites is 4. The third-order valence-corrected chi connectivity index (χ3v) is 18.8. The Morgan fingerprint density at radius 1 is 0.275 bits per heavy atom. The standard InChI is InChI=1S/2C44H58N4O2.2Cu/c2*1-43(2,3)37-25-33(29-45-39-19-13-11-14-20-39)41(49)35(27-37)31-47(7)23-17-9-10-18-24-48(8)32-36-28-38(44(4,5)6)26-34(42(36)50)30-46-40-21-15-12-16-22-40;;/h2*11-16,19-22,25-30,45-46H,9-10,17-18,23-24,31-32H2,1-8H3;;/q;;2*+2/p+4. The summed E-state index contributed by atoms with van der Waals surface area (Å²) in [6, 6.07) is 39.8. The zero-order valence-corrected chi connectivity index (χ0v) is 65.9. The number of nitrogens with one attached hydrogen (secondary N) is 8. The van der Waals surface area contributed by atoms with Gasteiger partial charge < -0.3 is 40.9 Å². The first-order chi connectivity index (χ1) is 47.4. The number of ketones is 4. The monoisotopic (exact) mass is 1480 g/mol. The van der Waals surface area contributed by atoms with Gasteiger partial charge in [0.05, 0.1) is 76.7 Å². The number of rotatable bonds is 30. The number of unbranched alkanes of at least 4 members (excludes halogenated alkanes) is 6. The SMILES string of the molecule is C[NH+](CCCCCC[NH+](C)CC1=CC(C(C)(C)C)=CC(=CNc2ccccc2)C1=O)CC1=CC(C(C)(C)C)=CC(=CNc2ccccc2)C1=O.C[NH+](CCCCCC[NH+](C)CC1=CC(C(C)(C)C)=CC(=CNc2ccccc2)C1=O)CC1=CC(C(C)(C)C)=CC(=CNc2ccccc2)C1=O.[Cu+2].[Cu+2]. The maximum Gasteiger partial charge on any atom is 2.00 e. The second-order valence-electron chi connectivity index (χ2n) is 32.2. The minimum absolute atomic E-state index is 0. The summed E-state index contributed by atoms with van der Waals surface area (Å²) in [5.41, 5.74) is 14.8. The van der Waals surface area contributed by atoms with Crippen LogP contribution < -0.4 is 40.9 Å². The van der Waals surface area contributed by atoms with E-state index in [0.717, 1.165) is 123 Å². The van der Waals surface area contributed by atoms with Crippen molar-refractivity contribution in [2.75, 3.05) is 102 Å². The Labute approximate surface area is 634 Å². The van der Waals surface area contributed by atoms with Crippen LogP contribution in [-0.4, -0.2) is 104 Å². The average Bonchev–Trinajstić information content (AvgIpc) is 0.827. The first kappa shape index (κ1) is 85.2. The largest absolute Gasteiger partial charge is 2.00 e. The molecule has 8 N–H and O–H groups in total. The number of carbonyl (C=O) groups excluding carboxylic acids is 4. The van der Waals surface area contributed by atoms with Crippen molar-refractivity contribution in [3.05, 3.63) is 262 Å². The van der Waals surface area contributed by atoms with Gasteiger partial charge in [-0.3, -0.25) is 19.2 Å². The molecule has 102 heavy (non-hydrogen) atoms. The fourth-order valence-corrected chi connectivity index (χ4v) is 12.4. The van der Waals surface area contributed by atoms with Crippen LogP contribution in [-0.2, 0) is 53.3 Å². The van der Waals surface area contributed by atoms with Crippen LogP contribution in [0.1, 0.15) is 134 Å². The van der Waals surface area contributed by atoms with Crippen LogP contribution in [0.3, 0.4) is 0 Å². The fourth-order valence-electron chi connectivity index (χ4n) is 12.4. The fraction of sp³-hybridized carbons (Fsp3) is 0.409.